The van der Waals surface area contributed by atoms with Crippen LogP contribution in [0.1, 0.15) is 12.8 Å². The van der Waals surface area contributed by atoms with E-state index < -0.39 is 0 Å². The summed E-state index contributed by atoms with van der Waals surface area (Å²) in [5.41, 5.74) is 5.37. The van der Waals surface area contributed by atoms with Gasteiger partial charge in [0.15, 0.2) is 0 Å². The largest absolute Gasteiger partial charge is 0.493 e. The Balaban J connectivity index is 1.82. The van der Waals surface area contributed by atoms with E-state index in [1.54, 1.807) is 17.0 Å². The predicted molar refractivity (Wildman–Crippen MR) is 70.3 cm³/mol. The molecular formula is C14H19FN2O2. The number of amides is 1. The highest BCUT2D eigenvalue weighted by molar-refractivity contribution is 5.78. The van der Waals surface area contributed by atoms with Crippen molar-refractivity contribution in [3.05, 3.63) is 30.1 Å². The van der Waals surface area contributed by atoms with Crippen LogP contribution in [0.2, 0.25) is 0 Å². The molecule has 2 N–H and O–H groups in total. The van der Waals surface area contributed by atoms with Crippen molar-refractivity contribution in [1.82, 2.24) is 4.90 Å². The van der Waals surface area contributed by atoms with Crippen molar-refractivity contribution in [2.24, 2.45) is 11.7 Å². The van der Waals surface area contributed by atoms with Gasteiger partial charge in [0.2, 0.25) is 5.91 Å². The number of hydrogen-bond donors (Lipinski definition) is 1. The molecule has 1 saturated heterocycles. The molecule has 104 valence electrons. The molecule has 1 atom stereocenters. The molecule has 4 nitrogen and oxygen atoms in total. The predicted octanol–water partition coefficient (Wildman–Crippen LogP) is 1.40. The van der Waals surface area contributed by atoms with Crippen molar-refractivity contribution in [2.45, 2.75) is 12.8 Å². The first-order chi connectivity index (χ1) is 9.19. The van der Waals surface area contributed by atoms with Gasteiger partial charge in [-0.1, -0.05) is 0 Å². The minimum Gasteiger partial charge on any atom is -0.493 e. The number of nitrogens with two attached hydrogens (primary N) is 1. The van der Waals surface area contributed by atoms with Gasteiger partial charge in [-0.2, -0.15) is 0 Å². The highest BCUT2D eigenvalue weighted by Crippen LogP contribution is 2.19. The SMILES string of the molecule is NCC(=O)N1CCCC(COc2ccc(F)cc2)C1. The van der Waals surface area contributed by atoms with E-state index in [4.69, 9.17) is 10.5 Å². The molecule has 0 aliphatic carbocycles. The van der Waals surface area contributed by atoms with Gasteiger partial charge in [0.05, 0.1) is 13.2 Å². The Hall–Kier alpha value is -1.62. The van der Waals surface area contributed by atoms with E-state index in [9.17, 15) is 9.18 Å². The molecule has 19 heavy (non-hydrogen) atoms. The van der Waals surface area contributed by atoms with Gasteiger partial charge >= 0.3 is 0 Å². The van der Waals surface area contributed by atoms with Crippen LogP contribution < -0.4 is 10.5 Å². The monoisotopic (exact) mass is 266 g/mol. The van der Waals surface area contributed by atoms with Gasteiger partial charge in [0.25, 0.3) is 0 Å². The summed E-state index contributed by atoms with van der Waals surface area (Å²) in [5, 5.41) is 0. The van der Waals surface area contributed by atoms with Crippen LogP contribution in [0.25, 0.3) is 0 Å². The second-order valence-corrected chi connectivity index (χ2v) is 4.82. The number of hydrogen-bond acceptors (Lipinski definition) is 3. The number of rotatable bonds is 4. The summed E-state index contributed by atoms with van der Waals surface area (Å²) < 4.78 is 18.4. The van der Waals surface area contributed by atoms with Gasteiger partial charge in [-0.05, 0) is 37.1 Å². The molecular weight excluding hydrogens is 247 g/mol. The summed E-state index contributed by atoms with van der Waals surface area (Å²) in [6.45, 7) is 2.08. The Labute approximate surface area is 112 Å². The van der Waals surface area contributed by atoms with E-state index in [0.717, 1.165) is 19.4 Å². The lowest BCUT2D eigenvalue weighted by molar-refractivity contribution is -0.131. The van der Waals surface area contributed by atoms with E-state index in [1.165, 1.54) is 12.1 Å². The summed E-state index contributed by atoms with van der Waals surface area (Å²) >= 11 is 0. The number of likely N-dealkylation sites (tertiary alicyclic amines) is 1. The average molecular weight is 266 g/mol. The normalized spacial score (nSPS) is 19.3. The van der Waals surface area contributed by atoms with E-state index in [-0.39, 0.29) is 18.3 Å². The first kappa shape index (κ1) is 13.8. The van der Waals surface area contributed by atoms with Gasteiger partial charge in [0.1, 0.15) is 11.6 Å². The first-order valence-electron chi connectivity index (χ1n) is 6.55. The maximum Gasteiger partial charge on any atom is 0.236 e. The van der Waals surface area contributed by atoms with Crippen molar-refractivity contribution < 1.29 is 13.9 Å². The highest BCUT2D eigenvalue weighted by Gasteiger charge is 2.23. The van der Waals surface area contributed by atoms with Crippen molar-refractivity contribution >= 4 is 5.91 Å². The lowest BCUT2D eigenvalue weighted by Gasteiger charge is -2.32. The minimum absolute atomic E-state index is 0.00789. The Bertz CT molecular complexity index is 422. The molecule has 2 rings (SSSR count). The second kappa shape index (κ2) is 6.52. The standard InChI is InChI=1S/C14H19FN2O2/c15-12-3-5-13(6-4-12)19-10-11-2-1-7-17(9-11)14(18)8-16/h3-6,11H,1-2,7-10,16H2. The zero-order valence-electron chi connectivity index (χ0n) is 10.8. The quantitative estimate of drug-likeness (QED) is 0.896. The van der Waals surface area contributed by atoms with Crippen molar-refractivity contribution in [3.8, 4) is 5.75 Å². The smallest absolute Gasteiger partial charge is 0.236 e. The molecule has 1 aromatic carbocycles. The molecule has 1 amide bonds. The number of carbonyl (C=O) groups is 1. The van der Waals surface area contributed by atoms with Crippen LogP contribution in [-0.4, -0.2) is 37.0 Å². The molecule has 1 aliphatic heterocycles. The molecule has 0 radical (unpaired) electrons. The average Bonchev–Trinajstić information content (AvgIpc) is 2.46. The van der Waals surface area contributed by atoms with Crippen LogP contribution in [0, 0.1) is 11.7 Å². The fourth-order valence-electron chi connectivity index (χ4n) is 2.30. The van der Waals surface area contributed by atoms with Crippen LogP contribution in [0.4, 0.5) is 4.39 Å². The van der Waals surface area contributed by atoms with E-state index >= 15 is 0 Å². The molecule has 1 aromatic rings. The molecule has 1 unspecified atom stereocenters. The summed E-state index contributed by atoms with van der Waals surface area (Å²) in [7, 11) is 0. The Morgan fingerprint density at radius 1 is 1.42 bits per heavy atom. The fourth-order valence-corrected chi connectivity index (χ4v) is 2.30. The van der Waals surface area contributed by atoms with Crippen LogP contribution in [-0.2, 0) is 4.79 Å². The van der Waals surface area contributed by atoms with E-state index in [1.807, 2.05) is 0 Å². The number of carbonyl (C=O) groups excluding carboxylic acids is 1. The van der Waals surface area contributed by atoms with E-state index in [0.29, 0.717) is 24.8 Å². The van der Waals surface area contributed by atoms with Crippen LogP contribution >= 0.6 is 0 Å². The molecule has 1 aliphatic rings. The lowest BCUT2D eigenvalue weighted by Crippen LogP contribution is -2.44. The molecule has 0 saturated carbocycles. The number of benzene rings is 1. The van der Waals surface area contributed by atoms with Gasteiger partial charge < -0.3 is 15.4 Å². The summed E-state index contributed by atoms with van der Waals surface area (Å²) in [6.07, 6.45) is 2.01. The maximum atomic E-state index is 12.7. The third-order valence-corrected chi connectivity index (χ3v) is 3.35. The van der Waals surface area contributed by atoms with Crippen LogP contribution in [0.3, 0.4) is 0 Å². The highest BCUT2D eigenvalue weighted by atomic mass is 19.1. The van der Waals surface area contributed by atoms with E-state index in [2.05, 4.69) is 0 Å². The van der Waals surface area contributed by atoms with Crippen molar-refractivity contribution in [3.63, 3.8) is 0 Å². The number of piperidine rings is 1. The third kappa shape index (κ3) is 3.92. The third-order valence-electron chi connectivity index (χ3n) is 3.35. The fraction of sp³-hybridized carbons (Fsp3) is 0.500. The maximum absolute atomic E-state index is 12.7. The van der Waals surface area contributed by atoms with Crippen molar-refractivity contribution in [1.29, 1.82) is 0 Å². The lowest BCUT2D eigenvalue weighted by atomic mass is 9.99. The second-order valence-electron chi connectivity index (χ2n) is 4.82. The number of halogens is 1. The first-order valence-corrected chi connectivity index (χ1v) is 6.55. The zero-order chi connectivity index (χ0) is 13.7. The van der Waals surface area contributed by atoms with Gasteiger partial charge in [-0.25, -0.2) is 4.39 Å². The van der Waals surface area contributed by atoms with Crippen LogP contribution in [0.15, 0.2) is 24.3 Å². The molecule has 1 heterocycles. The molecule has 0 spiro atoms. The minimum atomic E-state index is -0.273. The Kier molecular flexibility index (Phi) is 4.74. The summed E-state index contributed by atoms with van der Waals surface area (Å²) in [5.74, 6) is 0.689. The summed E-state index contributed by atoms with van der Waals surface area (Å²) in [4.78, 5) is 13.3. The molecule has 1 fully saturated rings. The van der Waals surface area contributed by atoms with Gasteiger partial charge in [0, 0.05) is 19.0 Å². The topological polar surface area (TPSA) is 55.6 Å². The van der Waals surface area contributed by atoms with Gasteiger partial charge in [-0.3, -0.25) is 4.79 Å². The number of nitrogens with zero attached hydrogens (tertiary/aromatic N) is 1. The van der Waals surface area contributed by atoms with Gasteiger partial charge in [-0.15, -0.1) is 0 Å². The zero-order valence-corrected chi connectivity index (χ0v) is 10.8. The van der Waals surface area contributed by atoms with Crippen molar-refractivity contribution in [2.75, 3.05) is 26.2 Å². The summed E-state index contributed by atoms with van der Waals surface area (Å²) in [6, 6.07) is 5.98. The molecule has 5 heteroatoms. The Morgan fingerprint density at radius 3 is 2.84 bits per heavy atom. The molecule has 0 aromatic heterocycles. The number of ether oxygens (including phenoxy) is 1. The Morgan fingerprint density at radius 2 is 2.16 bits per heavy atom. The molecule has 0 bridgehead atoms. The van der Waals surface area contributed by atoms with Crippen LogP contribution in [0.5, 0.6) is 5.75 Å².